The van der Waals surface area contributed by atoms with Gasteiger partial charge in [-0.05, 0) is 0 Å². The van der Waals surface area contributed by atoms with Crippen LogP contribution in [-0.4, -0.2) is 0 Å². The number of hydrogen-bond acceptors (Lipinski definition) is 0. The van der Waals surface area contributed by atoms with E-state index in [1.54, 1.807) is 35.8 Å². The SMILES string of the molecule is Cc1cc2c(c(C(C)(C)C)c1)-c1cc(C(C)(C)C)c(C)cc1[CH]2[Zr+2].[Cl-].[Cl-]. The largest absolute Gasteiger partial charge is 1.00 e. The van der Waals surface area contributed by atoms with Crippen LogP contribution >= 0.6 is 0 Å². The van der Waals surface area contributed by atoms with Crippen molar-refractivity contribution < 1.29 is 49.5 Å². The van der Waals surface area contributed by atoms with E-state index < -0.39 is 0 Å². The van der Waals surface area contributed by atoms with Crippen molar-refractivity contribution >= 4 is 0 Å². The van der Waals surface area contributed by atoms with Crippen LogP contribution in [0.4, 0.5) is 0 Å². The van der Waals surface area contributed by atoms with Gasteiger partial charge >= 0.3 is 163 Å². The molecule has 0 saturated heterocycles. The molecule has 0 aliphatic heterocycles. The normalized spacial score (nSPS) is 15.7. The first-order valence-corrected chi connectivity index (χ1v) is 10.3. The third-order valence-corrected chi connectivity index (χ3v) is 6.75. The Kier molecular flexibility index (Phi) is 7.12. The van der Waals surface area contributed by atoms with Gasteiger partial charge in [0.05, 0.1) is 0 Å². The second kappa shape index (κ2) is 7.73. The summed E-state index contributed by atoms with van der Waals surface area (Å²) in [5, 5.41) is 0. The van der Waals surface area contributed by atoms with Gasteiger partial charge in [0.25, 0.3) is 0 Å². The van der Waals surface area contributed by atoms with E-state index >= 15 is 0 Å². The smallest absolute Gasteiger partial charge is 1.00 e. The van der Waals surface area contributed by atoms with Gasteiger partial charge in [-0.3, -0.25) is 0 Å². The molecule has 0 N–H and O–H groups in total. The fourth-order valence-corrected chi connectivity index (χ4v) is 5.24. The second-order valence-corrected chi connectivity index (χ2v) is 10.9. The van der Waals surface area contributed by atoms with Crippen molar-refractivity contribution in [2.45, 2.75) is 69.8 Å². The van der Waals surface area contributed by atoms with Crippen LogP contribution in [0.2, 0.25) is 0 Å². The summed E-state index contributed by atoms with van der Waals surface area (Å²) in [7, 11) is 0. The summed E-state index contributed by atoms with van der Waals surface area (Å²) in [6.07, 6.45) is 0. The fraction of sp³-hybridized carbons (Fsp3) is 0.478. The predicted molar refractivity (Wildman–Crippen MR) is 101 cm³/mol. The molecule has 3 heteroatoms. The van der Waals surface area contributed by atoms with E-state index in [4.69, 9.17) is 0 Å². The Morgan fingerprint density at radius 2 is 1.27 bits per heavy atom. The molecule has 1 aliphatic carbocycles. The molecule has 0 saturated carbocycles. The zero-order valence-corrected chi connectivity index (χ0v) is 21.1. The van der Waals surface area contributed by atoms with Gasteiger partial charge in [0.1, 0.15) is 0 Å². The maximum atomic E-state index is 2.50. The number of fused-ring (bicyclic) bond motifs is 3. The van der Waals surface area contributed by atoms with Crippen molar-refractivity contribution in [3.63, 3.8) is 0 Å². The molecule has 0 nitrogen and oxygen atoms in total. The summed E-state index contributed by atoms with van der Waals surface area (Å²) >= 11 is 1.59. The first kappa shape index (κ1) is 23.9. The summed E-state index contributed by atoms with van der Waals surface area (Å²) in [6.45, 7) is 18.5. The topological polar surface area (TPSA) is 0 Å². The summed E-state index contributed by atoms with van der Waals surface area (Å²) < 4.78 is 0.580. The second-order valence-electron chi connectivity index (χ2n) is 9.46. The molecule has 0 radical (unpaired) electrons. The molecule has 0 amide bonds. The van der Waals surface area contributed by atoms with Gasteiger partial charge < -0.3 is 24.8 Å². The quantitative estimate of drug-likeness (QED) is 0.530. The zero-order valence-electron chi connectivity index (χ0n) is 17.1. The molecule has 2 aromatic carbocycles. The Hall–Kier alpha value is -0.0969. The average Bonchev–Trinajstić information content (AvgIpc) is 2.68. The molecule has 1 atom stereocenters. The average molecular weight is 468 g/mol. The first-order chi connectivity index (χ1) is 10.9. The zero-order chi connectivity index (χ0) is 18.0. The van der Waals surface area contributed by atoms with E-state index in [0.717, 1.165) is 0 Å². The van der Waals surface area contributed by atoms with E-state index in [9.17, 15) is 0 Å². The molecule has 1 aliphatic rings. The van der Waals surface area contributed by atoms with Gasteiger partial charge in [-0.1, -0.05) is 0 Å². The van der Waals surface area contributed by atoms with Crippen LogP contribution in [-0.2, 0) is 35.5 Å². The molecule has 0 heterocycles. The first-order valence-electron chi connectivity index (χ1n) is 8.93. The van der Waals surface area contributed by atoms with Crippen molar-refractivity contribution in [3.8, 4) is 11.1 Å². The maximum Gasteiger partial charge on any atom is -1.00 e. The Labute approximate surface area is 187 Å². The van der Waals surface area contributed by atoms with Crippen LogP contribution in [0, 0.1) is 13.8 Å². The minimum Gasteiger partial charge on any atom is -1.00 e. The molecule has 0 spiro atoms. The summed E-state index contributed by atoms with van der Waals surface area (Å²) in [5.74, 6) is 0. The Morgan fingerprint density at radius 1 is 0.731 bits per heavy atom. The van der Waals surface area contributed by atoms with Gasteiger partial charge in [-0.15, -0.1) is 0 Å². The Bertz CT molecular complexity index is 824. The maximum absolute atomic E-state index is 2.50. The Balaban J connectivity index is 0.00000169. The van der Waals surface area contributed by atoms with Crippen molar-refractivity contribution in [3.05, 3.63) is 57.6 Å². The fourth-order valence-electron chi connectivity index (χ4n) is 4.10. The molecule has 2 aromatic rings. The predicted octanol–water partition coefficient (Wildman–Crippen LogP) is 0.523. The van der Waals surface area contributed by atoms with E-state index in [-0.39, 0.29) is 35.6 Å². The number of benzene rings is 2. The van der Waals surface area contributed by atoms with Crippen molar-refractivity contribution in [1.82, 2.24) is 0 Å². The van der Waals surface area contributed by atoms with E-state index in [0.29, 0.717) is 3.63 Å². The number of hydrogen-bond donors (Lipinski definition) is 0. The minimum atomic E-state index is 0. The van der Waals surface area contributed by atoms with Gasteiger partial charge in [-0.2, -0.15) is 0 Å². The Morgan fingerprint density at radius 3 is 1.77 bits per heavy atom. The summed E-state index contributed by atoms with van der Waals surface area (Å²) in [4.78, 5) is 0. The van der Waals surface area contributed by atoms with E-state index in [1.165, 1.54) is 33.4 Å². The van der Waals surface area contributed by atoms with Crippen LogP contribution in [0.25, 0.3) is 11.1 Å². The minimum absolute atomic E-state index is 0. The molecule has 0 bridgehead atoms. The van der Waals surface area contributed by atoms with Crippen molar-refractivity contribution in [2.24, 2.45) is 0 Å². The third kappa shape index (κ3) is 4.01. The number of aryl methyl sites for hydroxylation is 2. The van der Waals surface area contributed by atoms with Crippen molar-refractivity contribution in [1.29, 1.82) is 0 Å². The number of rotatable bonds is 0. The van der Waals surface area contributed by atoms with Crippen molar-refractivity contribution in [2.75, 3.05) is 0 Å². The van der Waals surface area contributed by atoms with Gasteiger partial charge in [-0.25, -0.2) is 0 Å². The summed E-state index contributed by atoms with van der Waals surface area (Å²) in [6, 6.07) is 9.80. The van der Waals surface area contributed by atoms with Crippen LogP contribution in [0.3, 0.4) is 0 Å². The third-order valence-electron chi connectivity index (χ3n) is 5.22. The molecule has 0 fully saturated rings. The van der Waals surface area contributed by atoms with Crippen LogP contribution < -0.4 is 24.8 Å². The standard InChI is InChI=1S/C23H29.2ClH.Zr/c1-14-9-17-12-16-11-15(2)19(22(3,4)5)13-18(16)21(17)20(10-14)23(6,7)8;;;/h9-13H,1-8H3;2*1H;/q;;;+2/p-2. The van der Waals surface area contributed by atoms with Gasteiger partial charge in [0.15, 0.2) is 0 Å². The monoisotopic (exact) mass is 465 g/mol. The van der Waals surface area contributed by atoms with Gasteiger partial charge in [0.2, 0.25) is 0 Å². The molecular weight excluding hydrogens is 438 g/mol. The van der Waals surface area contributed by atoms with E-state index in [2.05, 4.69) is 79.7 Å². The van der Waals surface area contributed by atoms with E-state index in [1.807, 2.05) is 0 Å². The molecule has 1 unspecified atom stereocenters. The molecule has 26 heavy (non-hydrogen) atoms. The van der Waals surface area contributed by atoms with Gasteiger partial charge in [0, 0.05) is 0 Å². The molecular formula is C23H29Cl2Zr. The molecule has 139 valence electrons. The van der Waals surface area contributed by atoms with Crippen LogP contribution in [0.1, 0.15) is 78.5 Å². The molecule has 3 rings (SSSR count). The number of halogens is 2. The molecule has 0 aromatic heterocycles. The van der Waals surface area contributed by atoms with Crippen LogP contribution in [0.5, 0.6) is 0 Å². The van der Waals surface area contributed by atoms with Crippen LogP contribution in [0.15, 0.2) is 24.3 Å². The summed E-state index contributed by atoms with van der Waals surface area (Å²) in [5.41, 5.74) is 12.3.